The quantitative estimate of drug-likeness (QED) is 0.867. The molecule has 0 saturated carbocycles. The zero-order chi connectivity index (χ0) is 13.0. The predicted octanol–water partition coefficient (Wildman–Crippen LogP) is 1.85. The molecule has 18 heavy (non-hydrogen) atoms. The Bertz CT molecular complexity index is 360. The van der Waals surface area contributed by atoms with Gasteiger partial charge in [0.05, 0.1) is 5.69 Å². The van der Waals surface area contributed by atoms with Crippen LogP contribution in [0.15, 0.2) is 12.3 Å². The Labute approximate surface area is 110 Å². The Morgan fingerprint density at radius 1 is 1.50 bits per heavy atom. The van der Waals surface area contributed by atoms with Gasteiger partial charge in [-0.25, -0.2) is 0 Å². The van der Waals surface area contributed by atoms with Crippen LogP contribution in [-0.4, -0.2) is 33.8 Å². The second-order valence-electron chi connectivity index (χ2n) is 5.54. The van der Waals surface area contributed by atoms with Crippen LogP contribution in [0.25, 0.3) is 0 Å². The minimum Gasteiger partial charge on any atom is -0.329 e. The van der Waals surface area contributed by atoms with Crippen LogP contribution >= 0.6 is 0 Å². The van der Waals surface area contributed by atoms with E-state index in [0.29, 0.717) is 6.04 Å². The summed E-state index contributed by atoms with van der Waals surface area (Å²) in [5.74, 6) is 0.815. The largest absolute Gasteiger partial charge is 0.329 e. The fourth-order valence-corrected chi connectivity index (χ4v) is 2.87. The third-order valence-electron chi connectivity index (χ3n) is 3.98. The van der Waals surface area contributed by atoms with Crippen molar-refractivity contribution in [3.63, 3.8) is 0 Å². The predicted molar refractivity (Wildman–Crippen MR) is 74.2 cm³/mol. The molecule has 1 aliphatic heterocycles. The van der Waals surface area contributed by atoms with Gasteiger partial charge in [-0.15, -0.1) is 0 Å². The highest BCUT2D eigenvalue weighted by Crippen LogP contribution is 2.23. The molecule has 1 saturated heterocycles. The summed E-state index contributed by atoms with van der Waals surface area (Å²) in [6.07, 6.45) is 5.57. The van der Waals surface area contributed by atoms with Crippen molar-refractivity contribution in [3.8, 4) is 0 Å². The molecule has 4 heteroatoms. The smallest absolute Gasteiger partial charge is 0.0524 e. The number of nitrogens with zero attached hydrogens (tertiary/aromatic N) is 3. The third kappa shape index (κ3) is 3.12. The number of aryl methyl sites for hydroxylation is 1. The van der Waals surface area contributed by atoms with Crippen LogP contribution in [0.3, 0.4) is 0 Å². The lowest BCUT2D eigenvalue weighted by Crippen LogP contribution is -2.45. The normalized spacial score (nSPS) is 25.5. The molecule has 0 radical (unpaired) electrons. The van der Waals surface area contributed by atoms with Crippen molar-refractivity contribution in [1.82, 2.24) is 14.7 Å². The van der Waals surface area contributed by atoms with Crippen LogP contribution in [0, 0.1) is 5.92 Å². The molecule has 2 atom stereocenters. The van der Waals surface area contributed by atoms with E-state index < -0.39 is 0 Å². The molecule has 4 nitrogen and oxygen atoms in total. The van der Waals surface area contributed by atoms with Crippen molar-refractivity contribution in [2.45, 2.75) is 52.2 Å². The first-order valence-electron chi connectivity index (χ1n) is 7.19. The maximum absolute atomic E-state index is 5.92. The van der Waals surface area contributed by atoms with Gasteiger partial charge in [-0.05, 0) is 37.8 Å². The molecule has 0 aromatic carbocycles. The van der Waals surface area contributed by atoms with Crippen LogP contribution < -0.4 is 5.73 Å². The van der Waals surface area contributed by atoms with Crippen molar-refractivity contribution in [3.05, 3.63) is 18.0 Å². The summed E-state index contributed by atoms with van der Waals surface area (Å²) in [6.45, 7) is 8.47. The van der Waals surface area contributed by atoms with Crippen molar-refractivity contribution in [2.24, 2.45) is 11.7 Å². The van der Waals surface area contributed by atoms with E-state index in [2.05, 4.69) is 34.6 Å². The lowest BCUT2D eigenvalue weighted by molar-refractivity contribution is 0.112. The summed E-state index contributed by atoms with van der Waals surface area (Å²) in [5, 5.41) is 4.40. The highest BCUT2D eigenvalue weighted by molar-refractivity contribution is 5.01. The van der Waals surface area contributed by atoms with E-state index in [1.165, 1.54) is 25.1 Å². The Morgan fingerprint density at radius 2 is 2.33 bits per heavy atom. The highest BCUT2D eigenvalue weighted by atomic mass is 15.3. The lowest BCUT2D eigenvalue weighted by Gasteiger charge is -2.37. The number of aromatic nitrogens is 2. The van der Waals surface area contributed by atoms with Crippen molar-refractivity contribution < 1.29 is 0 Å². The standard InChI is InChI=1S/C14H26N4/c1-3-7-18-13(4-6-16-18)11-17-8-5-12(2)9-14(17)10-15/h4,6,12,14H,3,5,7-11,15H2,1-2H3. The van der Waals surface area contributed by atoms with E-state index in [0.717, 1.165) is 32.0 Å². The van der Waals surface area contributed by atoms with Crippen molar-refractivity contribution >= 4 is 0 Å². The molecule has 0 bridgehead atoms. The Kier molecular flexibility index (Phi) is 4.78. The third-order valence-corrected chi connectivity index (χ3v) is 3.98. The van der Waals surface area contributed by atoms with Gasteiger partial charge in [0.1, 0.15) is 0 Å². The number of nitrogens with two attached hydrogens (primary N) is 1. The molecule has 2 rings (SSSR count). The van der Waals surface area contributed by atoms with Crippen LogP contribution in [-0.2, 0) is 13.1 Å². The van der Waals surface area contributed by atoms with E-state index >= 15 is 0 Å². The summed E-state index contributed by atoms with van der Waals surface area (Å²) in [6, 6.07) is 2.68. The number of likely N-dealkylation sites (tertiary alicyclic amines) is 1. The van der Waals surface area contributed by atoms with Gasteiger partial charge in [0.2, 0.25) is 0 Å². The Hall–Kier alpha value is -0.870. The maximum atomic E-state index is 5.92. The number of hydrogen-bond donors (Lipinski definition) is 1. The first kappa shape index (κ1) is 13.6. The molecule has 102 valence electrons. The number of piperidine rings is 1. The Balaban J connectivity index is 2.00. The van der Waals surface area contributed by atoms with E-state index in [4.69, 9.17) is 5.73 Å². The first-order valence-corrected chi connectivity index (χ1v) is 7.19. The zero-order valence-electron chi connectivity index (χ0n) is 11.7. The Morgan fingerprint density at radius 3 is 3.06 bits per heavy atom. The molecule has 2 heterocycles. The van der Waals surface area contributed by atoms with Crippen molar-refractivity contribution in [2.75, 3.05) is 13.1 Å². The fraction of sp³-hybridized carbons (Fsp3) is 0.786. The van der Waals surface area contributed by atoms with Crippen LogP contribution in [0.1, 0.15) is 38.8 Å². The molecule has 0 amide bonds. The van der Waals surface area contributed by atoms with E-state index in [1.807, 2.05) is 6.20 Å². The van der Waals surface area contributed by atoms with Gasteiger partial charge >= 0.3 is 0 Å². The van der Waals surface area contributed by atoms with E-state index in [1.54, 1.807) is 0 Å². The average molecular weight is 250 g/mol. The van der Waals surface area contributed by atoms with E-state index in [9.17, 15) is 0 Å². The average Bonchev–Trinajstić information content (AvgIpc) is 2.79. The topological polar surface area (TPSA) is 47.1 Å². The van der Waals surface area contributed by atoms with Gasteiger partial charge in [-0.2, -0.15) is 5.10 Å². The summed E-state index contributed by atoms with van der Waals surface area (Å²) >= 11 is 0. The molecule has 1 aromatic rings. The summed E-state index contributed by atoms with van der Waals surface area (Å²) in [7, 11) is 0. The summed E-state index contributed by atoms with van der Waals surface area (Å²) in [4.78, 5) is 2.53. The second kappa shape index (κ2) is 6.34. The second-order valence-corrected chi connectivity index (χ2v) is 5.54. The van der Waals surface area contributed by atoms with Gasteiger partial charge in [-0.1, -0.05) is 13.8 Å². The molecule has 2 unspecified atom stereocenters. The molecule has 1 aromatic heterocycles. The molecule has 1 aliphatic rings. The summed E-state index contributed by atoms with van der Waals surface area (Å²) in [5.41, 5.74) is 7.24. The fourth-order valence-electron chi connectivity index (χ4n) is 2.87. The van der Waals surface area contributed by atoms with E-state index in [-0.39, 0.29) is 0 Å². The van der Waals surface area contributed by atoms with Gasteiger partial charge in [0.25, 0.3) is 0 Å². The van der Waals surface area contributed by atoms with Crippen LogP contribution in [0.4, 0.5) is 0 Å². The zero-order valence-corrected chi connectivity index (χ0v) is 11.7. The molecule has 0 aliphatic carbocycles. The molecule has 0 spiro atoms. The lowest BCUT2D eigenvalue weighted by atomic mass is 9.92. The molecular formula is C14H26N4. The van der Waals surface area contributed by atoms with Gasteiger partial charge < -0.3 is 5.73 Å². The van der Waals surface area contributed by atoms with Gasteiger partial charge in [0, 0.05) is 31.9 Å². The highest BCUT2D eigenvalue weighted by Gasteiger charge is 2.25. The monoisotopic (exact) mass is 250 g/mol. The van der Waals surface area contributed by atoms with Crippen LogP contribution in [0.5, 0.6) is 0 Å². The molecular weight excluding hydrogens is 224 g/mol. The van der Waals surface area contributed by atoms with Crippen molar-refractivity contribution in [1.29, 1.82) is 0 Å². The number of hydrogen-bond acceptors (Lipinski definition) is 3. The van der Waals surface area contributed by atoms with Crippen LogP contribution in [0.2, 0.25) is 0 Å². The molecule has 2 N–H and O–H groups in total. The van der Waals surface area contributed by atoms with Gasteiger partial charge in [0.15, 0.2) is 0 Å². The minimum absolute atomic E-state index is 0.540. The minimum atomic E-state index is 0.540. The molecule has 1 fully saturated rings. The first-order chi connectivity index (χ1) is 8.74. The number of rotatable bonds is 5. The summed E-state index contributed by atoms with van der Waals surface area (Å²) < 4.78 is 2.13. The SMILES string of the molecule is CCCn1nccc1CN1CCC(C)CC1CN. The van der Waals surface area contributed by atoms with Gasteiger partial charge in [-0.3, -0.25) is 9.58 Å². The maximum Gasteiger partial charge on any atom is 0.0524 e.